The summed E-state index contributed by atoms with van der Waals surface area (Å²) >= 11 is 5.71. The maximum atomic E-state index is 11.0. The summed E-state index contributed by atoms with van der Waals surface area (Å²) in [6.07, 6.45) is 0.866. The molecule has 0 aliphatic heterocycles. The Hall–Kier alpha value is -1.43. The molecule has 100 valence electrons. The molecule has 1 aromatic rings. The van der Waals surface area contributed by atoms with Crippen LogP contribution in [0.5, 0.6) is 0 Å². The van der Waals surface area contributed by atoms with E-state index in [1.165, 1.54) is 0 Å². The van der Waals surface area contributed by atoms with E-state index in [4.69, 9.17) is 11.6 Å². The molecule has 0 spiro atoms. The molecule has 18 heavy (non-hydrogen) atoms. The van der Waals surface area contributed by atoms with Crippen molar-refractivity contribution in [3.05, 3.63) is 21.1 Å². The topological polar surface area (TPSA) is 81.0 Å². The molecule has 1 heterocycles. The fourth-order valence-corrected chi connectivity index (χ4v) is 1.64. The molecule has 0 atom stereocenters. The van der Waals surface area contributed by atoms with Crippen LogP contribution in [0.1, 0.15) is 32.9 Å². The molecule has 0 aromatic carbocycles. The summed E-state index contributed by atoms with van der Waals surface area (Å²) in [6, 6.07) is 0. The highest BCUT2D eigenvalue weighted by Crippen LogP contribution is 2.27. The molecule has 6 nitrogen and oxygen atoms in total. The van der Waals surface area contributed by atoms with E-state index in [1.807, 2.05) is 0 Å². The number of hydrogen-bond donors (Lipinski definition) is 1. The Morgan fingerprint density at radius 3 is 2.50 bits per heavy atom. The van der Waals surface area contributed by atoms with Crippen LogP contribution >= 0.6 is 11.6 Å². The van der Waals surface area contributed by atoms with Crippen LogP contribution in [0.2, 0.25) is 5.28 Å². The SMILES string of the molecule is Cc1nc(Cl)nc(NCCC(C)(C)C)c1[N+](=O)[O-]. The van der Waals surface area contributed by atoms with Crippen LogP contribution in [0.15, 0.2) is 0 Å². The van der Waals surface area contributed by atoms with Crippen molar-refractivity contribution in [1.29, 1.82) is 0 Å². The first-order valence-electron chi connectivity index (χ1n) is 5.63. The minimum atomic E-state index is -0.495. The number of aromatic nitrogens is 2. The molecular weight excluding hydrogens is 256 g/mol. The Bertz CT molecular complexity index is 457. The van der Waals surface area contributed by atoms with Crippen LogP contribution in [-0.2, 0) is 0 Å². The molecule has 0 unspecified atom stereocenters. The third-order valence-electron chi connectivity index (χ3n) is 2.38. The highest BCUT2D eigenvalue weighted by molar-refractivity contribution is 6.28. The second kappa shape index (κ2) is 5.48. The molecule has 0 radical (unpaired) electrons. The molecule has 1 rings (SSSR count). The number of hydrogen-bond acceptors (Lipinski definition) is 5. The van der Waals surface area contributed by atoms with E-state index >= 15 is 0 Å². The molecule has 0 saturated heterocycles. The third kappa shape index (κ3) is 4.10. The molecule has 7 heteroatoms. The first-order chi connectivity index (χ1) is 8.20. The highest BCUT2D eigenvalue weighted by atomic mass is 35.5. The number of nitrogens with one attached hydrogen (secondary N) is 1. The second-order valence-electron chi connectivity index (χ2n) is 5.27. The zero-order valence-corrected chi connectivity index (χ0v) is 11.7. The van der Waals surface area contributed by atoms with Crippen molar-refractivity contribution in [2.45, 2.75) is 34.1 Å². The van der Waals surface area contributed by atoms with E-state index in [2.05, 4.69) is 36.1 Å². The Morgan fingerprint density at radius 1 is 1.39 bits per heavy atom. The lowest BCUT2D eigenvalue weighted by atomic mass is 9.92. The standard InChI is InChI=1S/C11H17ClN4O2/c1-7-8(16(17)18)9(15-10(12)14-7)13-6-5-11(2,3)4/h5-6H2,1-4H3,(H,13,14,15). The molecule has 1 N–H and O–H groups in total. The van der Waals surface area contributed by atoms with Crippen molar-refractivity contribution in [1.82, 2.24) is 9.97 Å². The number of rotatable bonds is 4. The first-order valence-corrected chi connectivity index (χ1v) is 6.01. The van der Waals surface area contributed by atoms with E-state index in [0.717, 1.165) is 6.42 Å². The van der Waals surface area contributed by atoms with Crippen molar-refractivity contribution in [2.24, 2.45) is 5.41 Å². The van der Waals surface area contributed by atoms with Gasteiger partial charge in [0.05, 0.1) is 4.92 Å². The zero-order valence-electron chi connectivity index (χ0n) is 11.0. The third-order valence-corrected chi connectivity index (χ3v) is 2.55. The van der Waals surface area contributed by atoms with Gasteiger partial charge in [0.25, 0.3) is 0 Å². The normalized spacial score (nSPS) is 11.4. The Balaban J connectivity index is 2.90. The monoisotopic (exact) mass is 272 g/mol. The molecule has 0 bridgehead atoms. The minimum Gasteiger partial charge on any atom is -0.364 e. The summed E-state index contributed by atoms with van der Waals surface area (Å²) in [6.45, 7) is 8.43. The van der Waals surface area contributed by atoms with Crippen molar-refractivity contribution >= 4 is 23.1 Å². The lowest BCUT2D eigenvalue weighted by Crippen LogP contribution is -2.15. The summed E-state index contributed by atoms with van der Waals surface area (Å²) < 4.78 is 0. The van der Waals surface area contributed by atoms with Crippen LogP contribution in [0, 0.1) is 22.5 Å². The van der Waals surface area contributed by atoms with E-state index < -0.39 is 4.92 Å². The van der Waals surface area contributed by atoms with Gasteiger partial charge >= 0.3 is 5.69 Å². The van der Waals surface area contributed by atoms with Gasteiger partial charge in [0, 0.05) is 6.54 Å². The fourth-order valence-electron chi connectivity index (χ4n) is 1.43. The lowest BCUT2D eigenvalue weighted by Gasteiger charge is -2.18. The quantitative estimate of drug-likeness (QED) is 0.517. The molecule has 0 saturated carbocycles. The van der Waals surface area contributed by atoms with Crippen LogP contribution in [0.4, 0.5) is 11.5 Å². The van der Waals surface area contributed by atoms with Gasteiger partial charge < -0.3 is 5.32 Å². The van der Waals surface area contributed by atoms with Gasteiger partial charge in [-0.15, -0.1) is 0 Å². The summed E-state index contributed by atoms with van der Waals surface area (Å²) in [5.74, 6) is 0.182. The van der Waals surface area contributed by atoms with Crippen molar-refractivity contribution in [2.75, 3.05) is 11.9 Å². The van der Waals surface area contributed by atoms with Gasteiger partial charge in [0.15, 0.2) is 0 Å². The van der Waals surface area contributed by atoms with Crippen LogP contribution < -0.4 is 5.32 Å². The van der Waals surface area contributed by atoms with E-state index in [0.29, 0.717) is 6.54 Å². The van der Waals surface area contributed by atoms with Crippen LogP contribution in [0.3, 0.4) is 0 Å². The number of anilines is 1. The second-order valence-corrected chi connectivity index (χ2v) is 5.61. The molecule has 0 fully saturated rings. The minimum absolute atomic E-state index is 0.0105. The highest BCUT2D eigenvalue weighted by Gasteiger charge is 2.21. The maximum absolute atomic E-state index is 11.0. The Kier molecular flexibility index (Phi) is 4.45. The van der Waals surface area contributed by atoms with Crippen molar-refractivity contribution in [3.8, 4) is 0 Å². The molecular formula is C11H17ClN4O2. The van der Waals surface area contributed by atoms with Gasteiger partial charge in [-0.2, -0.15) is 4.98 Å². The predicted octanol–water partition coefficient (Wildman–Crippen LogP) is 3.19. The van der Waals surface area contributed by atoms with Crippen molar-refractivity contribution < 1.29 is 4.92 Å². The van der Waals surface area contributed by atoms with Gasteiger partial charge in [-0.05, 0) is 30.4 Å². The van der Waals surface area contributed by atoms with E-state index in [1.54, 1.807) is 6.92 Å². The molecule has 0 aliphatic rings. The summed E-state index contributed by atoms with van der Waals surface area (Å²) in [5, 5.41) is 13.9. The summed E-state index contributed by atoms with van der Waals surface area (Å²) in [7, 11) is 0. The van der Waals surface area contributed by atoms with Gasteiger partial charge in [0.2, 0.25) is 11.1 Å². The Labute approximate surface area is 111 Å². The number of aryl methyl sites for hydroxylation is 1. The average molecular weight is 273 g/mol. The van der Waals surface area contributed by atoms with Gasteiger partial charge in [-0.1, -0.05) is 20.8 Å². The zero-order chi connectivity index (χ0) is 13.9. The maximum Gasteiger partial charge on any atom is 0.332 e. The summed E-state index contributed by atoms with van der Waals surface area (Å²) in [5.41, 5.74) is 0.291. The Morgan fingerprint density at radius 2 is 2.00 bits per heavy atom. The molecule has 0 aliphatic carbocycles. The summed E-state index contributed by atoms with van der Waals surface area (Å²) in [4.78, 5) is 18.1. The smallest absolute Gasteiger partial charge is 0.332 e. The number of nitrogens with zero attached hydrogens (tertiary/aromatic N) is 3. The average Bonchev–Trinajstić information content (AvgIpc) is 2.13. The van der Waals surface area contributed by atoms with Gasteiger partial charge in [-0.3, -0.25) is 10.1 Å². The van der Waals surface area contributed by atoms with Crippen LogP contribution in [0.25, 0.3) is 0 Å². The number of halogens is 1. The lowest BCUT2D eigenvalue weighted by molar-refractivity contribution is -0.385. The molecule has 1 aromatic heterocycles. The molecule has 0 amide bonds. The predicted molar refractivity (Wildman–Crippen MR) is 71.0 cm³/mol. The fraction of sp³-hybridized carbons (Fsp3) is 0.636. The van der Waals surface area contributed by atoms with Gasteiger partial charge in [0.1, 0.15) is 5.69 Å². The van der Waals surface area contributed by atoms with Crippen LogP contribution in [-0.4, -0.2) is 21.4 Å². The van der Waals surface area contributed by atoms with E-state index in [9.17, 15) is 10.1 Å². The number of nitro groups is 1. The van der Waals surface area contributed by atoms with Crippen molar-refractivity contribution in [3.63, 3.8) is 0 Å². The first kappa shape index (κ1) is 14.6. The largest absolute Gasteiger partial charge is 0.364 e. The van der Waals surface area contributed by atoms with E-state index in [-0.39, 0.29) is 27.9 Å². The van der Waals surface area contributed by atoms with Gasteiger partial charge in [-0.25, -0.2) is 4.98 Å².